The molecular formula is C12H22MgO4. The summed E-state index contributed by atoms with van der Waals surface area (Å²) in [6, 6.07) is 0. The van der Waals surface area contributed by atoms with E-state index in [1.54, 1.807) is 0 Å². The molecule has 17 heavy (non-hydrogen) atoms. The fraction of sp³-hybridized carbons (Fsp3) is 0.833. The topological polar surface area (TPSA) is 80.3 Å². The fourth-order valence-electron chi connectivity index (χ4n) is 1.04. The van der Waals surface area contributed by atoms with Gasteiger partial charge in [-0.3, -0.25) is 0 Å². The normalized spacial score (nSPS) is 8.59. The average molecular weight is 255 g/mol. The smallest absolute Gasteiger partial charge is 0.550 e. The summed E-state index contributed by atoms with van der Waals surface area (Å²) in [5, 5.41) is 19.5. The molecule has 0 fully saturated rings. The molecule has 0 N–H and O–H groups in total. The van der Waals surface area contributed by atoms with Crippen LogP contribution in [0.5, 0.6) is 0 Å². The Morgan fingerprint density at radius 2 is 1.06 bits per heavy atom. The molecule has 5 heteroatoms. The summed E-state index contributed by atoms with van der Waals surface area (Å²) in [4.78, 5) is 19.5. The van der Waals surface area contributed by atoms with Crippen molar-refractivity contribution in [1.82, 2.24) is 0 Å². The Morgan fingerprint density at radius 1 is 0.765 bits per heavy atom. The Kier molecular flexibility index (Phi) is 23.3. The first-order valence-corrected chi connectivity index (χ1v) is 5.94. The largest absolute Gasteiger partial charge is 2.00 e. The van der Waals surface area contributed by atoms with Gasteiger partial charge in [0.05, 0.1) is 0 Å². The standard InChI is InChI=1S/2C6H12O2.Mg/c2*1-2-3-4-5-6(7)8;/h2*2-5H2,1H3,(H,7,8);/q;;+2/p-2. The molecule has 0 aliphatic rings. The molecule has 4 nitrogen and oxygen atoms in total. The zero-order valence-electron chi connectivity index (χ0n) is 11.0. The maximum absolute atomic E-state index is 9.76. The van der Waals surface area contributed by atoms with Crippen molar-refractivity contribution in [2.45, 2.75) is 65.2 Å². The summed E-state index contributed by atoms with van der Waals surface area (Å²) in [5.41, 5.74) is 0. The van der Waals surface area contributed by atoms with Gasteiger partial charge in [-0.25, -0.2) is 0 Å². The van der Waals surface area contributed by atoms with Crippen molar-refractivity contribution >= 4 is 35.0 Å². The van der Waals surface area contributed by atoms with Gasteiger partial charge in [0.15, 0.2) is 0 Å². The molecule has 0 heterocycles. The molecule has 0 spiro atoms. The Bertz CT molecular complexity index is 163. The van der Waals surface area contributed by atoms with Crippen molar-refractivity contribution in [2.24, 2.45) is 0 Å². The van der Waals surface area contributed by atoms with E-state index in [0.717, 1.165) is 38.5 Å². The van der Waals surface area contributed by atoms with Gasteiger partial charge >= 0.3 is 23.1 Å². The van der Waals surface area contributed by atoms with E-state index in [0.29, 0.717) is 0 Å². The number of aliphatic carboxylic acids is 2. The predicted molar refractivity (Wildman–Crippen MR) is 64.1 cm³/mol. The molecule has 0 aromatic heterocycles. The number of unbranched alkanes of at least 4 members (excludes halogenated alkanes) is 4. The number of rotatable bonds is 8. The van der Waals surface area contributed by atoms with Crippen LogP contribution in [0.25, 0.3) is 0 Å². The molecule has 0 aliphatic heterocycles. The minimum absolute atomic E-state index is 0. The first kappa shape index (κ1) is 21.9. The van der Waals surface area contributed by atoms with Crippen LogP contribution in [0.4, 0.5) is 0 Å². The Hall–Kier alpha value is -0.294. The fourth-order valence-corrected chi connectivity index (χ4v) is 1.04. The van der Waals surface area contributed by atoms with Crippen LogP contribution in [0, 0.1) is 0 Å². The molecule has 0 rings (SSSR count). The van der Waals surface area contributed by atoms with E-state index in [9.17, 15) is 19.8 Å². The molecule has 0 bridgehead atoms. The van der Waals surface area contributed by atoms with Gasteiger partial charge in [0.1, 0.15) is 0 Å². The van der Waals surface area contributed by atoms with Gasteiger partial charge in [0, 0.05) is 11.9 Å². The van der Waals surface area contributed by atoms with Gasteiger partial charge in [0.2, 0.25) is 0 Å². The molecule has 0 unspecified atom stereocenters. The summed E-state index contributed by atoms with van der Waals surface area (Å²) in [7, 11) is 0. The van der Waals surface area contributed by atoms with E-state index >= 15 is 0 Å². The molecule has 0 atom stereocenters. The van der Waals surface area contributed by atoms with E-state index in [2.05, 4.69) is 0 Å². The minimum atomic E-state index is -0.932. The van der Waals surface area contributed by atoms with Gasteiger partial charge in [0.25, 0.3) is 0 Å². The zero-order chi connectivity index (χ0) is 12.8. The van der Waals surface area contributed by atoms with E-state index in [-0.39, 0.29) is 35.9 Å². The Balaban J connectivity index is -0.000000218. The number of hydrogen-bond donors (Lipinski definition) is 0. The maximum Gasteiger partial charge on any atom is 2.00 e. The van der Waals surface area contributed by atoms with E-state index in [1.165, 1.54) is 0 Å². The summed E-state index contributed by atoms with van der Waals surface area (Å²) >= 11 is 0. The van der Waals surface area contributed by atoms with Gasteiger partial charge in [-0.2, -0.15) is 0 Å². The van der Waals surface area contributed by atoms with Gasteiger partial charge in [-0.15, -0.1) is 0 Å². The third kappa shape index (κ3) is 31.3. The Morgan fingerprint density at radius 3 is 1.24 bits per heavy atom. The monoisotopic (exact) mass is 254 g/mol. The first-order valence-electron chi connectivity index (χ1n) is 5.94. The molecule has 0 aliphatic carbocycles. The van der Waals surface area contributed by atoms with Crippen molar-refractivity contribution in [2.75, 3.05) is 0 Å². The van der Waals surface area contributed by atoms with Crippen molar-refractivity contribution in [3.8, 4) is 0 Å². The van der Waals surface area contributed by atoms with Crippen LogP contribution in [0.15, 0.2) is 0 Å². The van der Waals surface area contributed by atoms with Crippen LogP contribution >= 0.6 is 0 Å². The molecule has 0 radical (unpaired) electrons. The SMILES string of the molecule is CCCCCC(=O)[O-].CCCCCC(=O)[O-].[Mg+2]. The van der Waals surface area contributed by atoms with Crippen molar-refractivity contribution in [3.63, 3.8) is 0 Å². The number of hydrogen-bond acceptors (Lipinski definition) is 4. The molecule has 0 aromatic carbocycles. The van der Waals surface area contributed by atoms with Crippen LogP contribution in [0.2, 0.25) is 0 Å². The van der Waals surface area contributed by atoms with E-state index in [1.807, 2.05) is 13.8 Å². The molecule has 0 amide bonds. The summed E-state index contributed by atoms with van der Waals surface area (Å²) < 4.78 is 0. The van der Waals surface area contributed by atoms with Crippen LogP contribution in [0.1, 0.15) is 65.2 Å². The van der Waals surface area contributed by atoms with Crippen LogP contribution < -0.4 is 10.2 Å². The Labute approximate surface area is 120 Å². The zero-order valence-corrected chi connectivity index (χ0v) is 12.4. The minimum Gasteiger partial charge on any atom is -0.550 e. The van der Waals surface area contributed by atoms with Gasteiger partial charge in [-0.1, -0.05) is 39.5 Å². The second kappa shape index (κ2) is 18.1. The molecule has 96 valence electrons. The van der Waals surface area contributed by atoms with Gasteiger partial charge in [-0.05, 0) is 25.7 Å². The second-order valence-electron chi connectivity index (χ2n) is 3.66. The molecule has 0 saturated heterocycles. The summed E-state index contributed by atoms with van der Waals surface area (Å²) in [5.74, 6) is -1.86. The van der Waals surface area contributed by atoms with Crippen molar-refractivity contribution < 1.29 is 19.8 Å². The van der Waals surface area contributed by atoms with Crippen LogP contribution in [-0.4, -0.2) is 35.0 Å². The van der Waals surface area contributed by atoms with Crippen molar-refractivity contribution in [1.29, 1.82) is 0 Å². The summed E-state index contributed by atoms with van der Waals surface area (Å²) in [6.07, 6.45) is 6.07. The molecule has 0 aromatic rings. The quantitative estimate of drug-likeness (QED) is 0.459. The number of carboxylic acids is 2. The third-order valence-electron chi connectivity index (χ3n) is 1.97. The molecule has 0 saturated carbocycles. The third-order valence-corrected chi connectivity index (χ3v) is 1.97. The van der Waals surface area contributed by atoms with Crippen LogP contribution in [-0.2, 0) is 9.59 Å². The van der Waals surface area contributed by atoms with Crippen LogP contribution in [0.3, 0.4) is 0 Å². The second-order valence-corrected chi connectivity index (χ2v) is 3.66. The van der Waals surface area contributed by atoms with Gasteiger partial charge < -0.3 is 19.8 Å². The van der Waals surface area contributed by atoms with E-state index in [4.69, 9.17) is 0 Å². The first-order chi connectivity index (χ1) is 7.54. The average Bonchev–Trinajstić information content (AvgIpc) is 2.18. The number of carboxylic acid groups (broad SMARTS) is 2. The maximum atomic E-state index is 9.76. The summed E-state index contributed by atoms with van der Waals surface area (Å²) in [6.45, 7) is 4.07. The van der Waals surface area contributed by atoms with E-state index < -0.39 is 11.9 Å². The number of carbonyl (C=O) groups is 2. The predicted octanol–water partition coefficient (Wildman–Crippen LogP) is 0.252. The molecular weight excluding hydrogens is 232 g/mol. The van der Waals surface area contributed by atoms with Crippen molar-refractivity contribution in [3.05, 3.63) is 0 Å². The number of carbonyl (C=O) groups excluding carboxylic acids is 2.